The van der Waals surface area contributed by atoms with Gasteiger partial charge in [0, 0.05) is 30.7 Å². The first-order valence-corrected chi connectivity index (χ1v) is 10.6. The van der Waals surface area contributed by atoms with Crippen molar-refractivity contribution < 1.29 is 17.9 Å². The number of benzene rings is 2. The molecule has 1 heterocycles. The van der Waals surface area contributed by atoms with Gasteiger partial charge in [-0.15, -0.1) is 0 Å². The first-order chi connectivity index (χ1) is 14.4. The van der Waals surface area contributed by atoms with E-state index in [1.807, 2.05) is 13.0 Å². The highest BCUT2D eigenvalue weighted by atomic mass is 32.2. The Labute approximate surface area is 175 Å². The van der Waals surface area contributed by atoms with Crippen LogP contribution in [0, 0.1) is 6.92 Å². The number of aromatic nitrogens is 1. The summed E-state index contributed by atoms with van der Waals surface area (Å²) in [5.74, 6) is 0.590. The van der Waals surface area contributed by atoms with E-state index in [0.717, 1.165) is 11.1 Å². The molecule has 2 amide bonds. The summed E-state index contributed by atoms with van der Waals surface area (Å²) in [4.78, 5) is 16.1. The number of anilines is 2. The molecule has 9 heteroatoms. The number of sulfonamides is 1. The SMILES string of the molecule is COc1cc(NS(=O)(=O)c2ccc(NC(=O)NCc3cccnc3)cc2)ccc1C. The minimum atomic E-state index is -3.78. The van der Waals surface area contributed by atoms with Gasteiger partial charge >= 0.3 is 6.03 Å². The zero-order valence-electron chi connectivity index (χ0n) is 16.5. The Morgan fingerprint density at radius 2 is 1.80 bits per heavy atom. The van der Waals surface area contributed by atoms with Crippen LogP contribution >= 0.6 is 0 Å². The van der Waals surface area contributed by atoms with Gasteiger partial charge in [0.05, 0.1) is 17.7 Å². The molecule has 0 aliphatic heterocycles. The third-order valence-electron chi connectivity index (χ3n) is 4.26. The molecule has 0 bridgehead atoms. The number of ether oxygens (including phenoxy) is 1. The van der Waals surface area contributed by atoms with Crippen LogP contribution in [-0.4, -0.2) is 26.5 Å². The lowest BCUT2D eigenvalue weighted by Crippen LogP contribution is -2.28. The number of nitrogens with zero attached hydrogens (tertiary/aromatic N) is 1. The number of pyridine rings is 1. The van der Waals surface area contributed by atoms with Crippen molar-refractivity contribution in [3.05, 3.63) is 78.1 Å². The number of amides is 2. The fraction of sp³-hybridized carbons (Fsp3) is 0.143. The van der Waals surface area contributed by atoms with E-state index in [2.05, 4.69) is 20.3 Å². The van der Waals surface area contributed by atoms with Gasteiger partial charge in [-0.25, -0.2) is 13.2 Å². The second kappa shape index (κ2) is 9.27. The smallest absolute Gasteiger partial charge is 0.319 e. The highest BCUT2D eigenvalue weighted by Gasteiger charge is 2.15. The summed E-state index contributed by atoms with van der Waals surface area (Å²) in [7, 11) is -2.26. The molecule has 8 nitrogen and oxygen atoms in total. The van der Waals surface area contributed by atoms with Crippen LogP contribution in [0.5, 0.6) is 5.75 Å². The van der Waals surface area contributed by atoms with Crippen LogP contribution in [0.25, 0.3) is 0 Å². The Balaban J connectivity index is 1.62. The van der Waals surface area contributed by atoms with Crippen molar-refractivity contribution in [1.82, 2.24) is 10.3 Å². The Hall–Kier alpha value is -3.59. The van der Waals surface area contributed by atoms with Crippen LogP contribution in [0.1, 0.15) is 11.1 Å². The van der Waals surface area contributed by atoms with Gasteiger partial charge < -0.3 is 15.4 Å². The number of aryl methyl sites for hydroxylation is 1. The van der Waals surface area contributed by atoms with Crippen molar-refractivity contribution in [3.63, 3.8) is 0 Å². The van der Waals surface area contributed by atoms with Crippen LogP contribution in [0.4, 0.5) is 16.2 Å². The van der Waals surface area contributed by atoms with E-state index in [0.29, 0.717) is 23.7 Å². The molecule has 30 heavy (non-hydrogen) atoms. The van der Waals surface area contributed by atoms with E-state index in [1.165, 1.54) is 31.4 Å². The molecule has 0 saturated carbocycles. The van der Waals surface area contributed by atoms with Crippen molar-refractivity contribution in [2.24, 2.45) is 0 Å². The Morgan fingerprint density at radius 3 is 2.47 bits per heavy atom. The molecule has 0 aliphatic carbocycles. The minimum absolute atomic E-state index is 0.0726. The van der Waals surface area contributed by atoms with Crippen molar-refractivity contribution in [2.75, 3.05) is 17.1 Å². The number of rotatable bonds is 7. The summed E-state index contributed by atoms with van der Waals surface area (Å²) in [6.07, 6.45) is 3.32. The minimum Gasteiger partial charge on any atom is -0.496 e. The predicted molar refractivity (Wildman–Crippen MR) is 115 cm³/mol. The zero-order valence-corrected chi connectivity index (χ0v) is 17.4. The first-order valence-electron chi connectivity index (χ1n) is 9.09. The van der Waals surface area contributed by atoms with Crippen LogP contribution < -0.4 is 20.1 Å². The largest absolute Gasteiger partial charge is 0.496 e. The summed E-state index contributed by atoms with van der Waals surface area (Å²) in [5.41, 5.74) is 2.63. The van der Waals surface area contributed by atoms with Crippen LogP contribution in [-0.2, 0) is 16.6 Å². The van der Waals surface area contributed by atoms with Gasteiger partial charge in [-0.1, -0.05) is 12.1 Å². The predicted octanol–water partition coefficient (Wildman–Crippen LogP) is 3.52. The van der Waals surface area contributed by atoms with Crippen LogP contribution in [0.3, 0.4) is 0 Å². The molecule has 0 spiro atoms. The molecule has 0 unspecified atom stereocenters. The van der Waals surface area contributed by atoms with Crippen LogP contribution in [0.15, 0.2) is 71.9 Å². The van der Waals surface area contributed by atoms with Gasteiger partial charge in [0.15, 0.2) is 0 Å². The van der Waals surface area contributed by atoms with Gasteiger partial charge in [-0.05, 0) is 54.4 Å². The van der Waals surface area contributed by atoms with Gasteiger partial charge in [-0.2, -0.15) is 0 Å². The van der Waals surface area contributed by atoms with E-state index >= 15 is 0 Å². The fourth-order valence-electron chi connectivity index (χ4n) is 2.68. The maximum atomic E-state index is 12.6. The fourth-order valence-corrected chi connectivity index (χ4v) is 3.72. The van der Waals surface area contributed by atoms with Crippen molar-refractivity contribution >= 4 is 27.4 Å². The number of methoxy groups -OCH3 is 1. The maximum Gasteiger partial charge on any atom is 0.319 e. The number of hydrogen-bond donors (Lipinski definition) is 3. The standard InChI is InChI=1S/C21H22N4O4S/c1-15-5-6-18(12-20(15)29-2)25-30(27,28)19-9-7-17(8-10-19)24-21(26)23-14-16-4-3-11-22-13-16/h3-13,25H,14H2,1-2H3,(H2,23,24,26). The Kier molecular flexibility index (Phi) is 6.53. The summed E-state index contributed by atoms with van der Waals surface area (Å²) >= 11 is 0. The molecular weight excluding hydrogens is 404 g/mol. The average molecular weight is 426 g/mol. The summed E-state index contributed by atoms with van der Waals surface area (Å²) in [5, 5.41) is 5.37. The molecular formula is C21H22N4O4S. The molecule has 3 N–H and O–H groups in total. The van der Waals surface area contributed by atoms with E-state index in [-0.39, 0.29) is 4.90 Å². The number of carbonyl (C=O) groups is 1. The lowest BCUT2D eigenvalue weighted by atomic mass is 10.2. The lowest BCUT2D eigenvalue weighted by Gasteiger charge is -2.12. The first kappa shape index (κ1) is 21.1. The van der Waals surface area contributed by atoms with E-state index < -0.39 is 16.1 Å². The molecule has 0 aliphatic rings. The number of hydrogen-bond acceptors (Lipinski definition) is 5. The summed E-state index contributed by atoms with van der Waals surface area (Å²) in [6.45, 7) is 2.20. The molecule has 1 aromatic heterocycles. The van der Waals surface area contributed by atoms with E-state index in [1.54, 1.807) is 36.7 Å². The third-order valence-corrected chi connectivity index (χ3v) is 5.66. The zero-order chi connectivity index (χ0) is 21.6. The van der Waals surface area contributed by atoms with Gasteiger partial charge in [-0.3, -0.25) is 9.71 Å². The lowest BCUT2D eigenvalue weighted by molar-refractivity contribution is 0.251. The third kappa shape index (κ3) is 5.48. The summed E-state index contributed by atoms with van der Waals surface area (Å²) in [6, 6.07) is 14.2. The molecule has 0 saturated heterocycles. The highest BCUT2D eigenvalue weighted by molar-refractivity contribution is 7.92. The van der Waals surface area contributed by atoms with Gasteiger partial charge in [0.1, 0.15) is 5.75 Å². The van der Waals surface area contributed by atoms with Crippen molar-refractivity contribution in [3.8, 4) is 5.75 Å². The normalized spacial score (nSPS) is 10.9. The number of nitrogens with one attached hydrogen (secondary N) is 3. The molecule has 3 rings (SSSR count). The van der Waals surface area contributed by atoms with Crippen molar-refractivity contribution in [1.29, 1.82) is 0 Å². The van der Waals surface area contributed by atoms with E-state index in [9.17, 15) is 13.2 Å². The van der Waals surface area contributed by atoms with Crippen LogP contribution in [0.2, 0.25) is 0 Å². The van der Waals surface area contributed by atoms with Crippen molar-refractivity contribution in [2.45, 2.75) is 18.4 Å². The Morgan fingerprint density at radius 1 is 1.07 bits per heavy atom. The molecule has 3 aromatic rings. The molecule has 0 atom stereocenters. The maximum absolute atomic E-state index is 12.6. The number of carbonyl (C=O) groups excluding carboxylic acids is 1. The average Bonchev–Trinajstić information content (AvgIpc) is 2.74. The van der Waals surface area contributed by atoms with Gasteiger partial charge in [0.2, 0.25) is 0 Å². The summed E-state index contributed by atoms with van der Waals surface area (Å²) < 4.78 is 33.0. The Bertz CT molecular complexity index is 1120. The molecule has 0 radical (unpaired) electrons. The number of urea groups is 1. The monoisotopic (exact) mass is 426 g/mol. The van der Waals surface area contributed by atoms with E-state index in [4.69, 9.17) is 4.74 Å². The second-order valence-electron chi connectivity index (χ2n) is 6.48. The second-order valence-corrected chi connectivity index (χ2v) is 8.17. The molecule has 0 fully saturated rings. The molecule has 156 valence electrons. The molecule has 2 aromatic carbocycles. The quantitative estimate of drug-likeness (QED) is 0.536. The van der Waals surface area contributed by atoms with Gasteiger partial charge in [0.25, 0.3) is 10.0 Å². The highest BCUT2D eigenvalue weighted by Crippen LogP contribution is 2.24. The topological polar surface area (TPSA) is 109 Å².